The number of hydrogen-bond acceptors (Lipinski definition) is 2. The van der Waals surface area contributed by atoms with Gasteiger partial charge in [0.2, 0.25) is 5.91 Å². The van der Waals surface area contributed by atoms with E-state index in [9.17, 15) is 4.79 Å². The molecule has 2 fully saturated rings. The monoisotopic (exact) mass is 252 g/mol. The van der Waals surface area contributed by atoms with Crippen LogP contribution in [0.5, 0.6) is 0 Å². The Kier molecular flexibility index (Phi) is 4.66. The molecule has 18 heavy (non-hydrogen) atoms. The summed E-state index contributed by atoms with van der Waals surface area (Å²) in [6.45, 7) is 6.49. The van der Waals surface area contributed by atoms with E-state index in [1.54, 1.807) is 0 Å². The maximum absolute atomic E-state index is 12.3. The molecule has 3 heteroatoms. The molecule has 0 aromatic rings. The van der Waals surface area contributed by atoms with Crippen LogP contribution in [0.15, 0.2) is 0 Å². The van der Waals surface area contributed by atoms with Gasteiger partial charge in [-0.3, -0.25) is 10.1 Å². The molecule has 1 heterocycles. The second-order valence-electron chi connectivity index (χ2n) is 6.01. The lowest BCUT2D eigenvalue weighted by Crippen LogP contribution is -2.44. The van der Waals surface area contributed by atoms with Crippen LogP contribution in [0.1, 0.15) is 65.7 Å². The number of carbonyl (C=O) groups is 1. The van der Waals surface area contributed by atoms with Crippen molar-refractivity contribution in [2.75, 3.05) is 0 Å². The van der Waals surface area contributed by atoms with Crippen molar-refractivity contribution in [2.45, 2.75) is 84.0 Å². The van der Waals surface area contributed by atoms with Crippen LogP contribution in [-0.2, 0) is 4.79 Å². The summed E-state index contributed by atoms with van der Waals surface area (Å²) in [6.07, 6.45) is 8.84. The highest BCUT2D eigenvalue weighted by atomic mass is 16.2. The maximum Gasteiger partial charge on any atom is 0.241 e. The lowest BCUT2D eigenvalue weighted by atomic mass is 9.83. The third kappa shape index (κ3) is 2.71. The van der Waals surface area contributed by atoms with E-state index in [0.717, 1.165) is 12.3 Å². The highest BCUT2D eigenvalue weighted by molar-refractivity contribution is 5.84. The van der Waals surface area contributed by atoms with E-state index < -0.39 is 0 Å². The molecule has 1 aliphatic carbocycles. The Morgan fingerprint density at radius 3 is 2.39 bits per heavy atom. The molecule has 1 N–H and O–H groups in total. The van der Waals surface area contributed by atoms with E-state index in [4.69, 9.17) is 0 Å². The standard InChI is InChI=1S/C15H28N2O/c1-4-6-12-7-9-13(10-8-12)17-11(3)16-14(5-2)15(17)18/h11-14,16H,4-10H2,1-3H3. The number of amides is 1. The summed E-state index contributed by atoms with van der Waals surface area (Å²) in [5, 5.41) is 3.41. The number of nitrogens with zero attached hydrogens (tertiary/aromatic N) is 1. The second kappa shape index (κ2) is 6.05. The lowest BCUT2D eigenvalue weighted by Gasteiger charge is -2.36. The van der Waals surface area contributed by atoms with Gasteiger partial charge in [-0.2, -0.15) is 0 Å². The molecule has 104 valence electrons. The largest absolute Gasteiger partial charge is 0.323 e. The summed E-state index contributed by atoms with van der Waals surface area (Å²) in [7, 11) is 0. The average molecular weight is 252 g/mol. The minimum Gasteiger partial charge on any atom is -0.323 e. The summed E-state index contributed by atoms with van der Waals surface area (Å²) < 4.78 is 0. The van der Waals surface area contributed by atoms with Gasteiger partial charge in [-0.1, -0.05) is 26.7 Å². The molecule has 2 aliphatic rings. The Bertz CT molecular complexity index is 284. The molecule has 0 bridgehead atoms. The highest BCUT2D eigenvalue weighted by Crippen LogP contribution is 2.32. The Morgan fingerprint density at radius 2 is 1.89 bits per heavy atom. The van der Waals surface area contributed by atoms with E-state index in [1.807, 2.05) is 0 Å². The number of rotatable bonds is 4. The molecule has 1 saturated carbocycles. The predicted molar refractivity (Wildman–Crippen MR) is 74.2 cm³/mol. The van der Waals surface area contributed by atoms with Crippen LogP contribution in [0.3, 0.4) is 0 Å². The summed E-state index contributed by atoms with van der Waals surface area (Å²) in [4.78, 5) is 14.5. The van der Waals surface area contributed by atoms with Crippen molar-refractivity contribution in [3.8, 4) is 0 Å². The van der Waals surface area contributed by atoms with Crippen LogP contribution in [0.25, 0.3) is 0 Å². The zero-order chi connectivity index (χ0) is 13.1. The molecule has 2 unspecified atom stereocenters. The van der Waals surface area contributed by atoms with Crippen LogP contribution in [-0.4, -0.2) is 29.1 Å². The fraction of sp³-hybridized carbons (Fsp3) is 0.933. The second-order valence-corrected chi connectivity index (χ2v) is 6.01. The summed E-state index contributed by atoms with van der Waals surface area (Å²) in [5.41, 5.74) is 0. The summed E-state index contributed by atoms with van der Waals surface area (Å²) in [5.74, 6) is 1.25. The van der Waals surface area contributed by atoms with Crippen molar-refractivity contribution in [3.05, 3.63) is 0 Å². The average Bonchev–Trinajstić information content (AvgIpc) is 2.66. The first-order valence-corrected chi connectivity index (χ1v) is 7.75. The molecule has 1 saturated heterocycles. The fourth-order valence-electron chi connectivity index (χ4n) is 3.72. The molecular weight excluding hydrogens is 224 g/mol. The maximum atomic E-state index is 12.3. The lowest BCUT2D eigenvalue weighted by molar-refractivity contribution is -0.132. The Morgan fingerprint density at radius 1 is 1.22 bits per heavy atom. The third-order valence-electron chi connectivity index (χ3n) is 4.73. The molecule has 2 rings (SSSR count). The van der Waals surface area contributed by atoms with E-state index in [1.165, 1.54) is 38.5 Å². The first-order chi connectivity index (χ1) is 8.67. The molecule has 1 amide bonds. The Labute approximate surface area is 111 Å². The van der Waals surface area contributed by atoms with Crippen molar-refractivity contribution >= 4 is 5.91 Å². The van der Waals surface area contributed by atoms with Crippen LogP contribution < -0.4 is 5.32 Å². The molecule has 3 nitrogen and oxygen atoms in total. The van der Waals surface area contributed by atoms with Gasteiger partial charge >= 0.3 is 0 Å². The smallest absolute Gasteiger partial charge is 0.241 e. The van der Waals surface area contributed by atoms with E-state index in [0.29, 0.717) is 11.9 Å². The Balaban J connectivity index is 1.91. The van der Waals surface area contributed by atoms with Gasteiger partial charge in [-0.25, -0.2) is 0 Å². The minimum absolute atomic E-state index is 0.0633. The zero-order valence-corrected chi connectivity index (χ0v) is 12.1. The van der Waals surface area contributed by atoms with E-state index >= 15 is 0 Å². The third-order valence-corrected chi connectivity index (χ3v) is 4.73. The number of hydrogen-bond donors (Lipinski definition) is 1. The topological polar surface area (TPSA) is 32.3 Å². The van der Waals surface area contributed by atoms with Crippen molar-refractivity contribution < 1.29 is 4.79 Å². The van der Waals surface area contributed by atoms with Gasteiger partial charge in [-0.15, -0.1) is 0 Å². The zero-order valence-electron chi connectivity index (χ0n) is 12.1. The van der Waals surface area contributed by atoms with Crippen molar-refractivity contribution in [1.29, 1.82) is 0 Å². The van der Waals surface area contributed by atoms with Crippen molar-refractivity contribution in [3.63, 3.8) is 0 Å². The molecule has 0 aromatic carbocycles. The first-order valence-electron chi connectivity index (χ1n) is 7.75. The molecule has 2 atom stereocenters. The molecule has 1 aliphatic heterocycles. The normalized spacial score (nSPS) is 37.3. The number of carbonyl (C=O) groups excluding carboxylic acids is 1. The van der Waals surface area contributed by atoms with Crippen molar-refractivity contribution in [1.82, 2.24) is 10.2 Å². The van der Waals surface area contributed by atoms with Gasteiger partial charge in [0, 0.05) is 6.04 Å². The van der Waals surface area contributed by atoms with Gasteiger partial charge in [-0.05, 0) is 44.9 Å². The quantitative estimate of drug-likeness (QED) is 0.834. The van der Waals surface area contributed by atoms with Gasteiger partial charge in [0.15, 0.2) is 0 Å². The summed E-state index contributed by atoms with van der Waals surface area (Å²) in [6, 6.07) is 0.554. The van der Waals surface area contributed by atoms with Gasteiger partial charge in [0.05, 0.1) is 12.2 Å². The van der Waals surface area contributed by atoms with Gasteiger partial charge in [0.1, 0.15) is 0 Å². The van der Waals surface area contributed by atoms with E-state index in [-0.39, 0.29) is 12.2 Å². The number of nitrogens with one attached hydrogen (secondary N) is 1. The van der Waals surface area contributed by atoms with Gasteiger partial charge < -0.3 is 4.90 Å². The first kappa shape index (κ1) is 13.9. The SMILES string of the molecule is CCCC1CCC(N2C(=O)C(CC)NC2C)CC1. The predicted octanol–water partition coefficient (Wildman–Crippen LogP) is 2.90. The van der Waals surface area contributed by atoms with Crippen LogP contribution in [0.2, 0.25) is 0 Å². The van der Waals surface area contributed by atoms with E-state index in [2.05, 4.69) is 31.0 Å². The summed E-state index contributed by atoms with van der Waals surface area (Å²) >= 11 is 0. The van der Waals surface area contributed by atoms with Gasteiger partial charge in [0.25, 0.3) is 0 Å². The van der Waals surface area contributed by atoms with Crippen LogP contribution in [0, 0.1) is 5.92 Å². The molecule has 0 spiro atoms. The fourth-order valence-corrected chi connectivity index (χ4v) is 3.72. The van der Waals surface area contributed by atoms with Crippen molar-refractivity contribution in [2.24, 2.45) is 5.92 Å². The molecule has 0 aromatic heterocycles. The Hall–Kier alpha value is -0.570. The van der Waals surface area contributed by atoms with Crippen LogP contribution in [0.4, 0.5) is 0 Å². The molecular formula is C15H28N2O. The highest BCUT2D eigenvalue weighted by Gasteiger charge is 2.40. The molecule has 0 radical (unpaired) electrons. The minimum atomic E-state index is 0.0633. The van der Waals surface area contributed by atoms with Crippen LogP contribution >= 0.6 is 0 Å².